The maximum absolute atomic E-state index is 10.2. The quantitative estimate of drug-likeness (QED) is 0.551. The minimum Gasteiger partial charge on any atom is -0.393 e. The molecule has 0 radical (unpaired) electrons. The average molecular weight is 413 g/mol. The summed E-state index contributed by atoms with van der Waals surface area (Å²) in [5.41, 5.74) is 3.63. The molecule has 3 N–H and O–H groups in total. The van der Waals surface area contributed by atoms with Crippen molar-refractivity contribution in [2.75, 3.05) is 0 Å². The van der Waals surface area contributed by atoms with E-state index in [9.17, 15) is 15.3 Å². The van der Waals surface area contributed by atoms with Gasteiger partial charge in [0.25, 0.3) is 0 Å². The topological polar surface area (TPSA) is 60.7 Å². The molecule has 4 saturated carbocycles. The molecule has 0 spiro atoms. The summed E-state index contributed by atoms with van der Waals surface area (Å²) in [6.07, 6.45) is 16.9. The van der Waals surface area contributed by atoms with Crippen LogP contribution in [0.2, 0.25) is 0 Å². The molecule has 4 aliphatic carbocycles. The predicted molar refractivity (Wildman–Crippen MR) is 122 cm³/mol. The Hall–Kier alpha value is -1.16. The molecule has 0 aromatic carbocycles. The largest absolute Gasteiger partial charge is 0.393 e. The Morgan fingerprint density at radius 2 is 1.87 bits per heavy atom. The molecule has 4 aliphatic rings. The van der Waals surface area contributed by atoms with Gasteiger partial charge in [0, 0.05) is 6.42 Å². The molecule has 3 nitrogen and oxygen atoms in total. The number of hydrogen-bond acceptors (Lipinski definition) is 3. The van der Waals surface area contributed by atoms with Crippen molar-refractivity contribution in [3.63, 3.8) is 0 Å². The highest BCUT2D eigenvalue weighted by Crippen LogP contribution is 2.59. The second kappa shape index (κ2) is 8.76. The van der Waals surface area contributed by atoms with Crippen LogP contribution in [0.4, 0.5) is 0 Å². The normalized spacial score (nSPS) is 42.1. The molecule has 4 rings (SSSR count). The summed E-state index contributed by atoms with van der Waals surface area (Å²) in [5, 5.41) is 30.4. The maximum atomic E-state index is 10.2. The van der Waals surface area contributed by atoms with E-state index in [-0.39, 0.29) is 6.10 Å². The summed E-state index contributed by atoms with van der Waals surface area (Å²) in [6, 6.07) is 0. The Bertz CT molecular complexity index is 743. The summed E-state index contributed by atoms with van der Waals surface area (Å²) < 4.78 is 0. The van der Waals surface area contributed by atoms with Gasteiger partial charge in [-0.1, -0.05) is 50.3 Å². The summed E-state index contributed by atoms with van der Waals surface area (Å²) in [6.45, 7) is 8.88. The first-order valence-corrected chi connectivity index (χ1v) is 12.1. The number of rotatable bonds is 5. The van der Waals surface area contributed by atoms with Gasteiger partial charge in [-0.25, -0.2) is 0 Å². The average Bonchev–Trinajstić information content (AvgIpc) is 3.49. The molecular formula is C27H40O3. The molecular weight excluding hydrogens is 372 g/mol. The van der Waals surface area contributed by atoms with Crippen LogP contribution < -0.4 is 0 Å². The first kappa shape index (κ1) is 22.0. The van der Waals surface area contributed by atoms with Crippen molar-refractivity contribution in [3.8, 4) is 0 Å². The number of allylic oxidation sites excluding steroid dienone is 4. The number of aliphatic hydroxyl groups excluding tert-OH is 3. The monoisotopic (exact) mass is 412 g/mol. The molecule has 0 aromatic rings. The lowest BCUT2D eigenvalue weighted by Crippen LogP contribution is -2.35. The molecule has 166 valence electrons. The maximum Gasteiger partial charge on any atom is 0.0811 e. The summed E-state index contributed by atoms with van der Waals surface area (Å²) in [4.78, 5) is 0. The molecule has 4 fully saturated rings. The first-order chi connectivity index (χ1) is 14.3. The van der Waals surface area contributed by atoms with E-state index in [2.05, 4.69) is 44.7 Å². The van der Waals surface area contributed by atoms with Gasteiger partial charge in [-0.05, 0) is 91.6 Å². The molecule has 0 heterocycles. The van der Waals surface area contributed by atoms with Crippen molar-refractivity contribution < 1.29 is 15.3 Å². The van der Waals surface area contributed by atoms with E-state index in [1.54, 1.807) is 0 Å². The van der Waals surface area contributed by atoms with E-state index < -0.39 is 12.2 Å². The van der Waals surface area contributed by atoms with E-state index in [0.29, 0.717) is 41.9 Å². The fourth-order valence-electron chi connectivity index (χ4n) is 6.63. The Morgan fingerprint density at radius 3 is 2.60 bits per heavy atom. The Balaban J connectivity index is 1.48. The lowest BCUT2D eigenvalue weighted by atomic mass is 9.61. The third-order valence-electron chi connectivity index (χ3n) is 8.65. The second-order valence-electron chi connectivity index (χ2n) is 10.7. The van der Waals surface area contributed by atoms with Crippen LogP contribution in [-0.4, -0.2) is 33.6 Å². The second-order valence-corrected chi connectivity index (χ2v) is 10.7. The standard InChI is InChI=1S/C27H40O3/c1-17(6-13-25(29)20-8-9-20)23-11-12-24-19(5-4-14-27(23,24)3)7-10-21-15-22(28)16-26(30)18(21)2/h6-7,10,13,17,20,22-26,28-30H,2,4-5,8-9,11-12,14-16H2,1,3H3/t17-,22?,23-,24+,25?,26+,27-/m1/s1. The number of fused-ring (bicyclic) bond motifs is 1. The smallest absolute Gasteiger partial charge is 0.0811 e. The fraction of sp³-hybridized carbons (Fsp3) is 0.704. The van der Waals surface area contributed by atoms with E-state index in [1.807, 2.05) is 0 Å². The molecule has 0 bridgehead atoms. The van der Waals surface area contributed by atoms with Gasteiger partial charge in [0.2, 0.25) is 0 Å². The van der Waals surface area contributed by atoms with Gasteiger partial charge in [0.1, 0.15) is 0 Å². The van der Waals surface area contributed by atoms with Crippen LogP contribution in [0, 0.1) is 29.1 Å². The van der Waals surface area contributed by atoms with Crippen LogP contribution in [0.1, 0.15) is 71.6 Å². The van der Waals surface area contributed by atoms with Crippen molar-refractivity contribution in [1.29, 1.82) is 0 Å². The zero-order valence-corrected chi connectivity index (χ0v) is 18.8. The third kappa shape index (κ3) is 4.40. The van der Waals surface area contributed by atoms with E-state index >= 15 is 0 Å². The van der Waals surface area contributed by atoms with Crippen molar-refractivity contribution >= 4 is 0 Å². The Labute approximate surface area is 182 Å². The van der Waals surface area contributed by atoms with Crippen molar-refractivity contribution in [2.24, 2.45) is 29.1 Å². The SMILES string of the molecule is C=C1C(=CC=C2CCC[C@]3(C)[C@@H]([C@H](C)C=CC(O)C4CC4)CC[C@@H]23)CC(O)C[C@@H]1O. The third-order valence-corrected chi connectivity index (χ3v) is 8.65. The predicted octanol–water partition coefficient (Wildman–Crippen LogP) is 5.09. The van der Waals surface area contributed by atoms with Gasteiger partial charge in [0.05, 0.1) is 18.3 Å². The summed E-state index contributed by atoms with van der Waals surface area (Å²) >= 11 is 0. The molecule has 3 heteroatoms. The number of hydrogen-bond donors (Lipinski definition) is 3. The highest BCUT2D eigenvalue weighted by atomic mass is 16.3. The van der Waals surface area contributed by atoms with Gasteiger partial charge in [-0.3, -0.25) is 0 Å². The van der Waals surface area contributed by atoms with Gasteiger partial charge < -0.3 is 15.3 Å². The number of aliphatic hydroxyl groups is 3. The molecule has 0 aromatic heterocycles. The molecule has 7 atom stereocenters. The Kier molecular flexibility index (Phi) is 6.44. The van der Waals surface area contributed by atoms with Gasteiger partial charge >= 0.3 is 0 Å². The van der Waals surface area contributed by atoms with Gasteiger partial charge in [0.15, 0.2) is 0 Å². The fourth-order valence-corrected chi connectivity index (χ4v) is 6.63. The molecule has 2 unspecified atom stereocenters. The van der Waals surface area contributed by atoms with E-state index in [0.717, 1.165) is 17.6 Å². The van der Waals surface area contributed by atoms with Crippen LogP contribution in [0.15, 0.2) is 47.6 Å². The highest BCUT2D eigenvalue weighted by Gasteiger charge is 2.50. The minimum atomic E-state index is -0.621. The van der Waals surface area contributed by atoms with Crippen LogP contribution >= 0.6 is 0 Å². The van der Waals surface area contributed by atoms with Crippen LogP contribution in [-0.2, 0) is 0 Å². The van der Waals surface area contributed by atoms with E-state index in [1.165, 1.54) is 44.1 Å². The van der Waals surface area contributed by atoms with Crippen LogP contribution in [0.3, 0.4) is 0 Å². The van der Waals surface area contributed by atoms with Crippen molar-refractivity contribution in [3.05, 3.63) is 47.6 Å². The molecule has 30 heavy (non-hydrogen) atoms. The molecule has 0 amide bonds. The zero-order valence-electron chi connectivity index (χ0n) is 18.8. The highest BCUT2D eigenvalue weighted by molar-refractivity contribution is 5.38. The Morgan fingerprint density at radius 1 is 1.10 bits per heavy atom. The lowest BCUT2D eigenvalue weighted by Gasteiger charge is -2.44. The summed E-state index contributed by atoms with van der Waals surface area (Å²) in [7, 11) is 0. The van der Waals surface area contributed by atoms with Crippen LogP contribution in [0.5, 0.6) is 0 Å². The van der Waals surface area contributed by atoms with Gasteiger partial charge in [-0.2, -0.15) is 0 Å². The zero-order chi connectivity index (χ0) is 21.5. The first-order valence-electron chi connectivity index (χ1n) is 12.1. The minimum absolute atomic E-state index is 0.250. The lowest BCUT2D eigenvalue weighted by molar-refractivity contribution is 0.0862. The molecule has 0 saturated heterocycles. The van der Waals surface area contributed by atoms with Crippen LogP contribution in [0.25, 0.3) is 0 Å². The van der Waals surface area contributed by atoms with E-state index in [4.69, 9.17) is 0 Å². The van der Waals surface area contributed by atoms with Gasteiger partial charge in [-0.15, -0.1) is 0 Å². The van der Waals surface area contributed by atoms with Crippen molar-refractivity contribution in [2.45, 2.75) is 89.9 Å². The van der Waals surface area contributed by atoms with Crippen molar-refractivity contribution in [1.82, 2.24) is 0 Å². The molecule has 0 aliphatic heterocycles. The summed E-state index contributed by atoms with van der Waals surface area (Å²) in [5.74, 6) is 2.28.